The van der Waals surface area contributed by atoms with E-state index in [2.05, 4.69) is 15.1 Å². The number of carbonyl (C=O) groups is 1. The predicted octanol–water partition coefficient (Wildman–Crippen LogP) is 5.75. The molecule has 144 valence electrons. The molecule has 1 heterocycles. The molecule has 0 spiro atoms. The third kappa shape index (κ3) is 4.76. The molecule has 3 rings (SSSR count). The van der Waals surface area contributed by atoms with E-state index in [4.69, 9.17) is 34.8 Å². The third-order valence-electron chi connectivity index (χ3n) is 4.30. The van der Waals surface area contributed by atoms with Crippen molar-refractivity contribution in [2.24, 2.45) is 5.10 Å². The van der Waals surface area contributed by atoms with Gasteiger partial charge in [0, 0.05) is 27.7 Å². The van der Waals surface area contributed by atoms with Gasteiger partial charge >= 0.3 is 0 Å². The zero-order valence-corrected chi connectivity index (χ0v) is 17.6. The summed E-state index contributed by atoms with van der Waals surface area (Å²) >= 11 is 18.0. The minimum atomic E-state index is -0.197. The molecule has 0 aliphatic rings. The molecule has 1 aromatic heterocycles. The van der Waals surface area contributed by atoms with Crippen LogP contribution in [-0.4, -0.2) is 16.7 Å². The van der Waals surface area contributed by atoms with Crippen molar-refractivity contribution in [1.29, 1.82) is 0 Å². The van der Waals surface area contributed by atoms with E-state index in [-0.39, 0.29) is 12.3 Å². The Labute approximate surface area is 178 Å². The molecule has 28 heavy (non-hydrogen) atoms. The predicted molar refractivity (Wildman–Crippen MR) is 116 cm³/mol. The van der Waals surface area contributed by atoms with E-state index >= 15 is 0 Å². The molecule has 7 heteroatoms. The Morgan fingerprint density at radius 2 is 1.75 bits per heavy atom. The van der Waals surface area contributed by atoms with Crippen molar-refractivity contribution in [3.05, 3.63) is 86.1 Å². The largest absolute Gasteiger partial charge is 0.318 e. The zero-order chi connectivity index (χ0) is 20.3. The van der Waals surface area contributed by atoms with Gasteiger partial charge in [-0.1, -0.05) is 46.9 Å². The van der Waals surface area contributed by atoms with E-state index in [0.29, 0.717) is 15.1 Å². The second kappa shape index (κ2) is 8.82. The van der Waals surface area contributed by atoms with Crippen LogP contribution < -0.4 is 5.43 Å². The SMILES string of the molecule is Cc1cc(/C=N\NC(=O)Cc2ccc(Cl)cc2)c(C)n1-c1ccc(Cl)c(Cl)c1. The smallest absolute Gasteiger partial charge is 0.244 e. The van der Waals surface area contributed by atoms with Crippen molar-refractivity contribution in [3.8, 4) is 5.69 Å². The Kier molecular flexibility index (Phi) is 6.45. The molecule has 0 unspecified atom stereocenters. The number of halogens is 3. The standard InChI is InChI=1S/C21H18Cl3N3O/c1-13-9-16(14(2)27(13)18-7-8-19(23)20(24)11-18)12-25-26-21(28)10-15-3-5-17(22)6-4-15/h3-9,11-12H,10H2,1-2H3,(H,26,28)/b25-12-. The first-order chi connectivity index (χ1) is 13.3. The molecular weight excluding hydrogens is 417 g/mol. The van der Waals surface area contributed by atoms with Crippen LogP contribution in [0.3, 0.4) is 0 Å². The number of hydrazone groups is 1. The molecule has 0 saturated heterocycles. The van der Waals surface area contributed by atoms with Crippen LogP contribution >= 0.6 is 34.8 Å². The number of rotatable bonds is 5. The summed E-state index contributed by atoms with van der Waals surface area (Å²) in [7, 11) is 0. The summed E-state index contributed by atoms with van der Waals surface area (Å²) in [4.78, 5) is 12.0. The van der Waals surface area contributed by atoms with Crippen molar-refractivity contribution in [2.45, 2.75) is 20.3 Å². The molecule has 3 aromatic rings. The average Bonchev–Trinajstić information content (AvgIpc) is 2.93. The van der Waals surface area contributed by atoms with Crippen LogP contribution in [0.2, 0.25) is 15.1 Å². The molecule has 0 fully saturated rings. The molecule has 4 nitrogen and oxygen atoms in total. The topological polar surface area (TPSA) is 46.4 Å². The number of aryl methyl sites for hydroxylation is 1. The number of amides is 1. The lowest BCUT2D eigenvalue weighted by molar-refractivity contribution is -0.120. The van der Waals surface area contributed by atoms with Crippen molar-refractivity contribution in [3.63, 3.8) is 0 Å². The van der Waals surface area contributed by atoms with Crippen LogP contribution in [0.5, 0.6) is 0 Å². The van der Waals surface area contributed by atoms with Crippen molar-refractivity contribution in [1.82, 2.24) is 9.99 Å². The summed E-state index contributed by atoms with van der Waals surface area (Å²) in [6.45, 7) is 3.97. The summed E-state index contributed by atoms with van der Waals surface area (Å²) < 4.78 is 2.05. The normalized spacial score (nSPS) is 11.2. The van der Waals surface area contributed by atoms with E-state index in [1.54, 1.807) is 24.4 Å². The first-order valence-corrected chi connectivity index (χ1v) is 9.69. The van der Waals surface area contributed by atoms with Crippen LogP contribution in [0.4, 0.5) is 0 Å². The van der Waals surface area contributed by atoms with E-state index in [1.807, 2.05) is 44.2 Å². The lowest BCUT2D eigenvalue weighted by atomic mass is 10.1. The van der Waals surface area contributed by atoms with Crippen LogP contribution in [-0.2, 0) is 11.2 Å². The number of hydrogen-bond donors (Lipinski definition) is 1. The van der Waals surface area contributed by atoms with E-state index < -0.39 is 0 Å². The maximum absolute atomic E-state index is 12.0. The van der Waals surface area contributed by atoms with E-state index in [0.717, 1.165) is 28.2 Å². The fraction of sp³-hybridized carbons (Fsp3) is 0.143. The van der Waals surface area contributed by atoms with Crippen LogP contribution in [0, 0.1) is 13.8 Å². The van der Waals surface area contributed by atoms with Crippen molar-refractivity contribution < 1.29 is 4.79 Å². The van der Waals surface area contributed by atoms with Gasteiger partial charge in [-0.25, -0.2) is 5.43 Å². The Morgan fingerprint density at radius 3 is 2.43 bits per heavy atom. The summed E-state index contributed by atoms with van der Waals surface area (Å²) in [6, 6.07) is 14.6. The molecule has 1 amide bonds. The summed E-state index contributed by atoms with van der Waals surface area (Å²) in [5.74, 6) is -0.197. The second-order valence-electron chi connectivity index (χ2n) is 6.36. The molecule has 0 aliphatic carbocycles. The van der Waals surface area contributed by atoms with Gasteiger partial charge in [-0.2, -0.15) is 5.10 Å². The summed E-state index contributed by atoms with van der Waals surface area (Å²) in [5.41, 5.74) is 7.23. The maximum Gasteiger partial charge on any atom is 0.244 e. The quantitative estimate of drug-likeness (QED) is 0.403. The van der Waals surface area contributed by atoms with Crippen LogP contribution in [0.25, 0.3) is 5.69 Å². The minimum absolute atomic E-state index is 0.197. The summed E-state index contributed by atoms with van der Waals surface area (Å²) in [5, 5.41) is 5.73. The first-order valence-electron chi connectivity index (χ1n) is 8.56. The molecule has 0 atom stereocenters. The fourth-order valence-electron chi connectivity index (χ4n) is 2.94. The number of aromatic nitrogens is 1. The molecule has 0 radical (unpaired) electrons. The number of nitrogens with zero attached hydrogens (tertiary/aromatic N) is 2. The van der Waals surface area contributed by atoms with Gasteiger partial charge in [0.15, 0.2) is 0 Å². The molecule has 1 N–H and O–H groups in total. The van der Waals surface area contributed by atoms with Gasteiger partial charge in [0.25, 0.3) is 0 Å². The molecule has 2 aromatic carbocycles. The van der Waals surface area contributed by atoms with Gasteiger partial charge in [-0.3, -0.25) is 4.79 Å². The van der Waals surface area contributed by atoms with Crippen molar-refractivity contribution in [2.75, 3.05) is 0 Å². The minimum Gasteiger partial charge on any atom is -0.318 e. The maximum atomic E-state index is 12.0. The highest BCUT2D eigenvalue weighted by atomic mass is 35.5. The number of hydrogen-bond acceptors (Lipinski definition) is 2. The number of carbonyl (C=O) groups excluding carboxylic acids is 1. The number of nitrogens with one attached hydrogen (secondary N) is 1. The van der Waals surface area contributed by atoms with Gasteiger partial charge in [0.05, 0.1) is 22.7 Å². The first kappa shape index (κ1) is 20.5. The Morgan fingerprint density at radius 1 is 1.04 bits per heavy atom. The van der Waals surface area contributed by atoms with Crippen molar-refractivity contribution >= 4 is 46.9 Å². The highest BCUT2D eigenvalue weighted by molar-refractivity contribution is 6.42. The zero-order valence-electron chi connectivity index (χ0n) is 15.3. The van der Waals surface area contributed by atoms with Gasteiger partial charge < -0.3 is 4.57 Å². The molecular formula is C21H18Cl3N3O. The average molecular weight is 435 g/mol. The van der Waals surface area contributed by atoms with Gasteiger partial charge in [0.2, 0.25) is 5.91 Å². The lowest BCUT2D eigenvalue weighted by Gasteiger charge is -2.10. The second-order valence-corrected chi connectivity index (χ2v) is 7.61. The lowest BCUT2D eigenvalue weighted by Crippen LogP contribution is -2.19. The highest BCUT2D eigenvalue weighted by Crippen LogP contribution is 2.27. The Bertz CT molecular complexity index is 1040. The number of benzene rings is 2. The fourth-order valence-corrected chi connectivity index (χ4v) is 3.36. The van der Waals surface area contributed by atoms with Gasteiger partial charge in [-0.05, 0) is 55.8 Å². The Hall–Kier alpha value is -2.27. The summed E-state index contributed by atoms with van der Waals surface area (Å²) in [6.07, 6.45) is 1.87. The van der Waals surface area contributed by atoms with Crippen LogP contribution in [0.1, 0.15) is 22.5 Å². The molecule has 0 bridgehead atoms. The van der Waals surface area contributed by atoms with Gasteiger partial charge in [-0.15, -0.1) is 0 Å². The Balaban J connectivity index is 1.71. The van der Waals surface area contributed by atoms with Crippen LogP contribution in [0.15, 0.2) is 53.6 Å². The monoisotopic (exact) mass is 433 g/mol. The van der Waals surface area contributed by atoms with E-state index in [9.17, 15) is 4.79 Å². The molecule has 0 saturated carbocycles. The third-order valence-corrected chi connectivity index (χ3v) is 5.29. The highest BCUT2D eigenvalue weighted by Gasteiger charge is 2.11. The van der Waals surface area contributed by atoms with E-state index in [1.165, 1.54) is 0 Å². The molecule has 0 aliphatic heterocycles. The van der Waals surface area contributed by atoms with Gasteiger partial charge in [0.1, 0.15) is 0 Å².